The van der Waals surface area contributed by atoms with Gasteiger partial charge in [-0.15, -0.1) is 0 Å². The second-order valence-corrected chi connectivity index (χ2v) is 5.05. The number of hydrogen-bond acceptors (Lipinski definition) is 3. The number of likely N-dealkylation sites (tertiary alicyclic amines) is 1. The summed E-state index contributed by atoms with van der Waals surface area (Å²) >= 11 is 0. The van der Waals surface area contributed by atoms with E-state index in [9.17, 15) is 14.4 Å². The molecule has 2 fully saturated rings. The molecule has 2 N–H and O–H groups in total. The minimum atomic E-state index is -0.936. The standard InChI is InChI=1S/C12H18N2O4/c1-7(11(16)14-4-2-3-5-14)13-10(15)8-6-9(8)12(17)18/h7-9H,2-6H2,1H3,(H,13,15)(H,17,18). The second kappa shape index (κ2) is 4.96. The molecule has 1 saturated carbocycles. The predicted molar refractivity (Wildman–Crippen MR) is 62.7 cm³/mol. The van der Waals surface area contributed by atoms with Crippen LogP contribution in [0, 0.1) is 11.8 Å². The third-order valence-corrected chi connectivity index (χ3v) is 3.59. The summed E-state index contributed by atoms with van der Waals surface area (Å²) in [7, 11) is 0. The predicted octanol–water partition coefficient (Wildman–Crippen LogP) is -0.166. The van der Waals surface area contributed by atoms with Crippen LogP contribution in [0.3, 0.4) is 0 Å². The van der Waals surface area contributed by atoms with Gasteiger partial charge in [-0.2, -0.15) is 0 Å². The van der Waals surface area contributed by atoms with Crippen molar-refractivity contribution in [3.63, 3.8) is 0 Å². The van der Waals surface area contributed by atoms with Crippen LogP contribution in [0.4, 0.5) is 0 Å². The Morgan fingerprint density at radius 3 is 2.33 bits per heavy atom. The Morgan fingerprint density at radius 2 is 1.83 bits per heavy atom. The molecule has 2 rings (SSSR count). The molecule has 0 aromatic carbocycles. The number of carbonyl (C=O) groups excluding carboxylic acids is 2. The van der Waals surface area contributed by atoms with E-state index < -0.39 is 23.8 Å². The fraction of sp³-hybridized carbons (Fsp3) is 0.750. The van der Waals surface area contributed by atoms with Crippen molar-refractivity contribution in [2.24, 2.45) is 11.8 Å². The first-order valence-corrected chi connectivity index (χ1v) is 6.32. The highest BCUT2D eigenvalue weighted by molar-refractivity contribution is 5.93. The summed E-state index contributed by atoms with van der Waals surface area (Å²) in [5.41, 5.74) is 0. The number of nitrogens with one attached hydrogen (secondary N) is 1. The topological polar surface area (TPSA) is 86.7 Å². The van der Waals surface area contributed by atoms with E-state index in [0.717, 1.165) is 25.9 Å². The molecule has 3 unspecified atom stereocenters. The number of nitrogens with zero attached hydrogens (tertiary/aromatic N) is 1. The zero-order valence-corrected chi connectivity index (χ0v) is 10.4. The summed E-state index contributed by atoms with van der Waals surface area (Å²) in [5.74, 6) is -2.36. The van der Waals surface area contributed by atoms with Crippen LogP contribution in [-0.4, -0.2) is 46.9 Å². The van der Waals surface area contributed by atoms with Crippen molar-refractivity contribution < 1.29 is 19.5 Å². The SMILES string of the molecule is CC(NC(=O)C1CC1C(=O)O)C(=O)N1CCCC1. The van der Waals surface area contributed by atoms with Gasteiger partial charge in [0.25, 0.3) is 0 Å². The highest BCUT2D eigenvalue weighted by atomic mass is 16.4. The molecule has 2 amide bonds. The zero-order chi connectivity index (χ0) is 13.3. The average molecular weight is 254 g/mol. The van der Waals surface area contributed by atoms with Gasteiger partial charge in [0.1, 0.15) is 6.04 Å². The summed E-state index contributed by atoms with van der Waals surface area (Å²) in [4.78, 5) is 36.0. The van der Waals surface area contributed by atoms with Crippen LogP contribution < -0.4 is 5.32 Å². The lowest BCUT2D eigenvalue weighted by molar-refractivity contribution is -0.140. The lowest BCUT2D eigenvalue weighted by atomic mass is 10.2. The largest absolute Gasteiger partial charge is 0.481 e. The minimum Gasteiger partial charge on any atom is -0.481 e. The molecule has 0 aromatic heterocycles. The van der Waals surface area contributed by atoms with Crippen molar-refractivity contribution in [1.29, 1.82) is 0 Å². The van der Waals surface area contributed by atoms with Crippen molar-refractivity contribution in [3.05, 3.63) is 0 Å². The molecule has 0 aromatic rings. The first-order chi connectivity index (χ1) is 8.50. The maximum Gasteiger partial charge on any atom is 0.307 e. The van der Waals surface area contributed by atoms with Gasteiger partial charge in [0.2, 0.25) is 11.8 Å². The fourth-order valence-electron chi connectivity index (χ4n) is 2.35. The van der Waals surface area contributed by atoms with E-state index in [-0.39, 0.29) is 11.8 Å². The number of rotatable bonds is 4. The van der Waals surface area contributed by atoms with E-state index in [1.54, 1.807) is 11.8 Å². The third-order valence-electron chi connectivity index (χ3n) is 3.59. The van der Waals surface area contributed by atoms with Crippen molar-refractivity contribution in [1.82, 2.24) is 10.2 Å². The van der Waals surface area contributed by atoms with Crippen molar-refractivity contribution in [2.75, 3.05) is 13.1 Å². The Labute approximate surface area is 105 Å². The second-order valence-electron chi connectivity index (χ2n) is 5.05. The molecule has 6 nitrogen and oxygen atoms in total. The van der Waals surface area contributed by atoms with Crippen LogP contribution in [-0.2, 0) is 14.4 Å². The first-order valence-electron chi connectivity index (χ1n) is 6.32. The number of carboxylic acid groups (broad SMARTS) is 1. The van der Waals surface area contributed by atoms with Gasteiger partial charge in [0.05, 0.1) is 11.8 Å². The Hall–Kier alpha value is -1.59. The quantitative estimate of drug-likeness (QED) is 0.729. The number of aliphatic carboxylic acids is 1. The summed E-state index contributed by atoms with van der Waals surface area (Å²) in [5, 5.41) is 11.3. The number of amides is 2. The van der Waals surface area contributed by atoms with Gasteiger partial charge in [-0.25, -0.2) is 0 Å². The molecule has 0 bridgehead atoms. The van der Waals surface area contributed by atoms with Crippen molar-refractivity contribution >= 4 is 17.8 Å². The maximum atomic E-state index is 11.9. The van der Waals surface area contributed by atoms with Crippen LogP contribution >= 0.6 is 0 Å². The lowest BCUT2D eigenvalue weighted by Crippen LogP contribution is -2.46. The van der Waals surface area contributed by atoms with Gasteiger partial charge in [0.15, 0.2) is 0 Å². The number of hydrogen-bond donors (Lipinski definition) is 2. The number of carbonyl (C=O) groups is 3. The first kappa shape index (κ1) is 12.9. The van der Waals surface area contributed by atoms with E-state index in [4.69, 9.17) is 5.11 Å². The average Bonchev–Trinajstić information content (AvgIpc) is 2.96. The van der Waals surface area contributed by atoms with Crippen LogP contribution in [0.5, 0.6) is 0 Å². The maximum absolute atomic E-state index is 11.9. The van der Waals surface area contributed by atoms with Gasteiger partial charge in [-0.3, -0.25) is 14.4 Å². The smallest absolute Gasteiger partial charge is 0.307 e. The molecule has 3 atom stereocenters. The molecule has 2 aliphatic rings. The van der Waals surface area contributed by atoms with Gasteiger partial charge < -0.3 is 15.3 Å². The molecular formula is C12H18N2O4. The summed E-state index contributed by atoms with van der Waals surface area (Å²) in [6.07, 6.45) is 2.40. The van der Waals surface area contributed by atoms with E-state index in [1.165, 1.54) is 0 Å². The van der Waals surface area contributed by atoms with Crippen LogP contribution in [0.2, 0.25) is 0 Å². The monoisotopic (exact) mass is 254 g/mol. The molecule has 0 radical (unpaired) electrons. The Kier molecular flexibility index (Phi) is 3.54. The van der Waals surface area contributed by atoms with E-state index in [1.807, 2.05) is 0 Å². The molecular weight excluding hydrogens is 236 g/mol. The Morgan fingerprint density at radius 1 is 1.22 bits per heavy atom. The van der Waals surface area contributed by atoms with Crippen LogP contribution in [0.25, 0.3) is 0 Å². The molecule has 6 heteroatoms. The normalized spacial score (nSPS) is 27.7. The lowest BCUT2D eigenvalue weighted by Gasteiger charge is -2.21. The Bertz CT molecular complexity index is 376. The van der Waals surface area contributed by atoms with Crippen molar-refractivity contribution in [2.45, 2.75) is 32.2 Å². The van der Waals surface area contributed by atoms with Gasteiger partial charge in [0, 0.05) is 13.1 Å². The molecule has 1 aliphatic carbocycles. The number of carboxylic acids is 1. The van der Waals surface area contributed by atoms with E-state index in [0.29, 0.717) is 6.42 Å². The summed E-state index contributed by atoms with van der Waals surface area (Å²) in [6, 6.07) is -0.564. The van der Waals surface area contributed by atoms with Crippen LogP contribution in [0.15, 0.2) is 0 Å². The molecule has 1 aliphatic heterocycles. The fourth-order valence-corrected chi connectivity index (χ4v) is 2.35. The minimum absolute atomic E-state index is 0.0756. The van der Waals surface area contributed by atoms with Crippen molar-refractivity contribution in [3.8, 4) is 0 Å². The van der Waals surface area contributed by atoms with E-state index >= 15 is 0 Å². The zero-order valence-electron chi connectivity index (χ0n) is 10.4. The van der Waals surface area contributed by atoms with Gasteiger partial charge >= 0.3 is 5.97 Å². The van der Waals surface area contributed by atoms with Gasteiger partial charge in [-0.1, -0.05) is 0 Å². The molecule has 18 heavy (non-hydrogen) atoms. The van der Waals surface area contributed by atoms with Gasteiger partial charge in [-0.05, 0) is 26.2 Å². The molecule has 100 valence electrons. The Balaban J connectivity index is 1.80. The van der Waals surface area contributed by atoms with E-state index in [2.05, 4.69) is 5.32 Å². The molecule has 1 saturated heterocycles. The summed E-state index contributed by atoms with van der Waals surface area (Å²) in [6.45, 7) is 3.15. The summed E-state index contributed by atoms with van der Waals surface area (Å²) < 4.78 is 0. The third kappa shape index (κ3) is 2.63. The molecule has 0 spiro atoms. The molecule has 1 heterocycles. The highest BCUT2D eigenvalue weighted by Crippen LogP contribution is 2.38. The highest BCUT2D eigenvalue weighted by Gasteiger charge is 2.48. The van der Waals surface area contributed by atoms with Crippen LogP contribution in [0.1, 0.15) is 26.2 Å².